The first kappa shape index (κ1) is 13.2. The highest BCUT2D eigenvalue weighted by atomic mass is 32.2. The summed E-state index contributed by atoms with van der Waals surface area (Å²) < 4.78 is 29.0. The summed E-state index contributed by atoms with van der Waals surface area (Å²) in [5, 5.41) is -0.455. The normalized spacial score (nSPS) is 16.3. The van der Waals surface area contributed by atoms with Gasteiger partial charge in [0.05, 0.1) is 18.1 Å². The fourth-order valence-corrected chi connectivity index (χ4v) is 3.14. The monoisotopic (exact) mass is 269 g/mol. The average Bonchev–Trinajstić information content (AvgIpc) is 2.26. The van der Waals surface area contributed by atoms with Gasteiger partial charge in [-0.05, 0) is 18.7 Å². The molecule has 0 saturated carbocycles. The van der Waals surface area contributed by atoms with Crippen molar-refractivity contribution in [3.8, 4) is 0 Å². The van der Waals surface area contributed by atoms with Gasteiger partial charge in [0.1, 0.15) is 5.25 Å². The van der Waals surface area contributed by atoms with Crippen molar-refractivity contribution in [1.29, 1.82) is 0 Å². The lowest BCUT2D eigenvalue weighted by Crippen LogP contribution is -2.40. The molecular formula is C12H15NO4S. The molecule has 1 heterocycles. The fraction of sp³-hybridized carbons (Fsp3) is 0.417. The second-order valence-corrected chi connectivity index (χ2v) is 6.42. The Kier molecular flexibility index (Phi) is 3.79. The molecule has 1 aliphatic heterocycles. The molecular weight excluding hydrogens is 254 g/mol. The van der Waals surface area contributed by atoms with Crippen LogP contribution >= 0.6 is 0 Å². The molecule has 0 unspecified atom stereocenters. The van der Waals surface area contributed by atoms with Crippen molar-refractivity contribution in [3.05, 3.63) is 29.8 Å². The lowest BCUT2D eigenvalue weighted by molar-refractivity contribution is 0.0416. The molecule has 98 valence electrons. The minimum atomic E-state index is -3.32. The van der Waals surface area contributed by atoms with Crippen LogP contribution in [0.4, 0.5) is 0 Å². The van der Waals surface area contributed by atoms with E-state index in [1.54, 1.807) is 0 Å². The number of ketones is 1. The van der Waals surface area contributed by atoms with E-state index in [1.807, 2.05) is 0 Å². The summed E-state index contributed by atoms with van der Waals surface area (Å²) in [6, 6.07) is 6.00. The Hall–Kier alpha value is -1.24. The highest BCUT2D eigenvalue weighted by Gasteiger charge is 2.33. The van der Waals surface area contributed by atoms with Gasteiger partial charge in [-0.25, -0.2) is 8.42 Å². The Labute approximate surface area is 106 Å². The van der Waals surface area contributed by atoms with Crippen molar-refractivity contribution in [2.24, 2.45) is 5.73 Å². The van der Waals surface area contributed by atoms with Gasteiger partial charge in [0.15, 0.2) is 15.6 Å². The molecule has 1 aromatic carbocycles. The molecule has 5 nitrogen and oxygen atoms in total. The summed E-state index contributed by atoms with van der Waals surface area (Å²) in [4.78, 5) is 11.8. The third-order valence-electron chi connectivity index (χ3n) is 2.92. The second-order valence-electron chi connectivity index (χ2n) is 4.19. The topological polar surface area (TPSA) is 86.5 Å². The number of hydrogen-bond donors (Lipinski definition) is 1. The Morgan fingerprint density at radius 3 is 2.33 bits per heavy atom. The zero-order valence-electron chi connectivity index (χ0n) is 9.83. The average molecular weight is 269 g/mol. The van der Waals surface area contributed by atoms with Gasteiger partial charge in [-0.2, -0.15) is 0 Å². The first-order valence-corrected chi connectivity index (χ1v) is 7.25. The van der Waals surface area contributed by atoms with Gasteiger partial charge in [-0.15, -0.1) is 0 Å². The predicted molar refractivity (Wildman–Crippen MR) is 66.2 cm³/mol. The number of benzene rings is 1. The van der Waals surface area contributed by atoms with Crippen molar-refractivity contribution >= 4 is 15.6 Å². The van der Waals surface area contributed by atoms with E-state index in [9.17, 15) is 13.2 Å². The van der Waals surface area contributed by atoms with Crippen molar-refractivity contribution < 1.29 is 17.9 Å². The molecule has 18 heavy (non-hydrogen) atoms. The lowest BCUT2D eigenvalue weighted by Gasteiger charge is -2.25. The van der Waals surface area contributed by atoms with Gasteiger partial charge in [0, 0.05) is 12.0 Å². The van der Waals surface area contributed by atoms with E-state index >= 15 is 0 Å². The van der Waals surface area contributed by atoms with Crippen LogP contribution in [0.25, 0.3) is 0 Å². The molecule has 0 amide bonds. The molecule has 0 aliphatic carbocycles. The standard InChI is InChI=1S/C12H15NO4S/c13-6-5-12(14)9-1-3-10(4-2-9)18(15,16)11-7-17-8-11/h1-4,11H,5-8,13H2. The first-order chi connectivity index (χ1) is 8.55. The van der Waals surface area contributed by atoms with Crippen LogP contribution in [0.3, 0.4) is 0 Å². The van der Waals surface area contributed by atoms with E-state index in [0.29, 0.717) is 5.56 Å². The minimum Gasteiger partial charge on any atom is -0.379 e. The van der Waals surface area contributed by atoms with Crippen LogP contribution in [0.1, 0.15) is 16.8 Å². The summed E-state index contributed by atoms with van der Waals surface area (Å²) in [6.07, 6.45) is 0.266. The number of carbonyl (C=O) groups is 1. The number of rotatable bonds is 5. The lowest BCUT2D eigenvalue weighted by atomic mass is 10.1. The van der Waals surface area contributed by atoms with Gasteiger partial charge in [0.25, 0.3) is 0 Å². The number of Topliss-reactive ketones (excluding diaryl/α,β-unsaturated/α-hetero) is 1. The van der Waals surface area contributed by atoms with Crippen LogP contribution in [0.2, 0.25) is 0 Å². The van der Waals surface area contributed by atoms with Crippen molar-refractivity contribution in [1.82, 2.24) is 0 Å². The van der Waals surface area contributed by atoms with E-state index in [1.165, 1.54) is 24.3 Å². The van der Waals surface area contributed by atoms with E-state index in [4.69, 9.17) is 10.5 Å². The van der Waals surface area contributed by atoms with Crippen LogP contribution in [-0.4, -0.2) is 39.2 Å². The van der Waals surface area contributed by atoms with Crippen LogP contribution < -0.4 is 5.73 Å². The predicted octanol–water partition coefficient (Wildman–Crippen LogP) is 0.391. The molecule has 0 bridgehead atoms. The summed E-state index contributed by atoms with van der Waals surface area (Å²) in [6.45, 7) is 0.782. The third-order valence-corrected chi connectivity index (χ3v) is 5.00. The van der Waals surface area contributed by atoms with E-state index in [2.05, 4.69) is 0 Å². The highest BCUT2D eigenvalue weighted by Crippen LogP contribution is 2.22. The molecule has 2 rings (SSSR count). The zero-order valence-corrected chi connectivity index (χ0v) is 10.7. The number of nitrogens with two attached hydrogens (primary N) is 1. The van der Waals surface area contributed by atoms with Crippen LogP contribution in [0, 0.1) is 0 Å². The Balaban J connectivity index is 2.19. The maximum absolute atomic E-state index is 12.0. The molecule has 0 radical (unpaired) electrons. The maximum Gasteiger partial charge on any atom is 0.185 e. The summed E-state index contributed by atoms with van der Waals surface area (Å²) in [7, 11) is -3.32. The number of sulfone groups is 1. The fourth-order valence-electron chi connectivity index (χ4n) is 1.69. The van der Waals surface area contributed by atoms with Crippen LogP contribution in [0.5, 0.6) is 0 Å². The highest BCUT2D eigenvalue weighted by molar-refractivity contribution is 7.92. The van der Waals surface area contributed by atoms with Crippen molar-refractivity contribution in [3.63, 3.8) is 0 Å². The van der Waals surface area contributed by atoms with Gasteiger partial charge < -0.3 is 10.5 Å². The van der Waals surface area contributed by atoms with Gasteiger partial charge >= 0.3 is 0 Å². The smallest absolute Gasteiger partial charge is 0.185 e. The molecule has 1 aromatic rings. The minimum absolute atomic E-state index is 0.0755. The summed E-state index contributed by atoms with van der Waals surface area (Å²) >= 11 is 0. The summed E-state index contributed by atoms with van der Waals surface area (Å²) in [5.74, 6) is -0.0755. The molecule has 1 aliphatic rings. The largest absolute Gasteiger partial charge is 0.379 e. The number of ether oxygens (including phenoxy) is 1. The van der Waals surface area contributed by atoms with Crippen LogP contribution in [-0.2, 0) is 14.6 Å². The van der Waals surface area contributed by atoms with Gasteiger partial charge in [-0.3, -0.25) is 4.79 Å². The molecule has 0 atom stereocenters. The Morgan fingerprint density at radius 2 is 1.89 bits per heavy atom. The Morgan fingerprint density at radius 1 is 1.28 bits per heavy atom. The molecule has 0 aromatic heterocycles. The Bertz CT molecular complexity index is 532. The first-order valence-electron chi connectivity index (χ1n) is 5.70. The van der Waals surface area contributed by atoms with E-state index < -0.39 is 15.1 Å². The SMILES string of the molecule is NCCC(=O)c1ccc(S(=O)(=O)C2COC2)cc1. The third kappa shape index (κ3) is 2.45. The van der Waals surface area contributed by atoms with Crippen LogP contribution in [0.15, 0.2) is 29.2 Å². The molecule has 0 spiro atoms. The van der Waals surface area contributed by atoms with E-state index in [0.717, 1.165) is 0 Å². The quantitative estimate of drug-likeness (QED) is 0.781. The number of hydrogen-bond acceptors (Lipinski definition) is 5. The van der Waals surface area contributed by atoms with Gasteiger partial charge in [0.2, 0.25) is 0 Å². The van der Waals surface area contributed by atoms with Gasteiger partial charge in [-0.1, -0.05) is 12.1 Å². The second kappa shape index (κ2) is 5.17. The molecule has 1 saturated heterocycles. The maximum atomic E-state index is 12.0. The number of carbonyl (C=O) groups excluding carboxylic acids is 1. The molecule has 2 N–H and O–H groups in total. The summed E-state index contributed by atoms with van der Waals surface area (Å²) in [5.41, 5.74) is 5.79. The zero-order chi connectivity index (χ0) is 13.2. The van der Waals surface area contributed by atoms with Crippen molar-refractivity contribution in [2.45, 2.75) is 16.6 Å². The molecule has 1 fully saturated rings. The van der Waals surface area contributed by atoms with E-state index in [-0.39, 0.29) is 36.9 Å². The van der Waals surface area contributed by atoms with Crippen molar-refractivity contribution in [2.75, 3.05) is 19.8 Å². The molecule has 6 heteroatoms.